The molecule has 0 saturated carbocycles. The number of nitrogens with zero attached hydrogens (tertiary/aromatic N) is 1. The summed E-state index contributed by atoms with van der Waals surface area (Å²) in [7, 11) is 0. The van der Waals surface area contributed by atoms with Gasteiger partial charge in [-0.25, -0.2) is 0 Å². The number of rotatable bonds is 4. The SMILES string of the molecule is CCOc1ccc(N2C(=O)CSC2c2ccc(N)cc2)cc1. The van der Waals surface area contributed by atoms with Gasteiger partial charge in [0.05, 0.1) is 12.4 Å². The molecular weight excluding hydrogens is 296 g/mol. The minimum Gasteiger partial charge on any atom is -0.494 e. The van der Waals surface area contributed by atoms with E-state index in [1.165, 1.54) is 0 Å². The predicted molar refractivity (Wildman–Crippen MR) is 91.2 cm³/mol. The van der Waals surface area contributed by atoms with Crippen molar-refractivity contribution in [3.63, 3.8) is 0 Å². The molecule has 114 valence electrons. The smallest absolute Gasteiger partial charge is 0.238 e. The van der Waals surface area contributed by atoms with E-state index >= 15 is 0 Å². The number of thioether (sulfide) groups is 1. The van der Waals surface area contributed by atoms with Crippen LogP contribution in [0.1, 0.15) is 17.9 Å². The van der Waals surface area contributed by atoms with Gasteiger partial charge < -0.3 is 10.5 Å². The highest BCUT2D eigenvalue weighted by atomic mass is 32.2. The van der Waals surface area contributed by atoms with Crippen LogP contribution in [0.4, 0.5) is 11.4 Å². The van der Waals surface area contributed by atoms with Crippen LogP contribution in [-0.2, 0) is 4.79 Å². The molecule has 2 aromatic rings. The summed E-state index contributed by atoms with van der Waals surface area (Å²) in [6.07, 6.45) is 0. The Morgan fingerprint density at radius 3 is 2.50 bits per heavy atom. The molecule has 0 bridgehead atoms. The molecule has 2 N–H and O–H groups in total. The fraction of sp³-hybridized carbons (Fsp3) is 0.235. The molecule has 2 aromatic carbocycles. The maximum absolute atomic E-state index is 12.3. The van der Waals surface area contributed by atoms with Crippen LogP contribution in [0.2, 0.25) is 0 Å². The van der Waals surface area contributed by atoms with E-state index in [4.69, 9.17) is 10.5 Å². The van der Waals surface area contributed by atoms with Crippen LogP contribution in [0.15, 0.2) is 48.5 Å². The Labute approximate surface area is 134 Å². The van der Waals surface area contributed by atoms with Crippen LogP contribution in [-0.4, -0.2) is 18.3 Å². The Balaban J connectivity index is 1.88. The second-order valence-corrected chi connectivity index (χ2v) is 6.09. The standard InChI is InChI=1S/C17H18N2O2S/c1-2-21-15-9-7-14(8-10-15)19-16(20)11-22-17(19)12-3-5-13(18)6-4-12/h3-10,17H,2,11,18H2,1H3. The third-order valence-electron chi connectivity index (χ3n) is 3.52. The highest BCUT2D eigenvalue weighted by Crippen LogP contribution is 2.42. The van der Waals surface area contributed by atoms with Gasteiger partial charge in [0.1, 0.15) is 11.1 Å². The van der Waals surface area contributed by atoms with E-state index in [1.54, 1.807) is 11.8 Å². The third kappa shape index (κ3) is 2.90. The fourth-order valence-corrected chi connectivity index (χ4v) is 3.66. The normalized spacial score (nSPS) is 17.8. The van der Waals surface area contributed by atoms with Gasteiger partial charge >= 0.3 is 0 Å². The fourth-order valence-electron chi connectivity index (χ4n) is 2.48. The Morgan fingerprint density at radius 2 is 1.86 bits per heavy atom. The monoisotopic (exact) mass is 314 g/mol. The minimum absolute atomic E-state index is 0.00829. The van der Waals surface area contributed by atoms with E-state index in [-0.39, 0.29) is 11.3 Å². The quantitative estimate of drug-likeness (QED) is 0.878. The summed E-state index contributed by atoms with van der Waals surface area (Å²) < 4.78 is 5.45. The lowest BCUT2D eigenvalue weighted by Gasteiger charge is -2.24. The van der Waals surface area contributed by atoms with Crippen LogP contribution < -0.4 is 15.4 Å². The highest BCUT2D eigenvalue weighted by molar-refractivity contribution is 8.00. The number of carbonyl (C=O) groups excluding carboxylic acids is 1. The third-order valence-corrected chi connectivity index (χ3v) is 4.73. The van der Waals surface area contributed by atoms with Gasteiger partial charge in [-0.1, -0.05) is 12.1 Å². The number of carbonyl (C=O) groups is 1. The lowest BCUT2D eigenvalue weighted by molar-refractivity contribution is -0.115. The molecule has 1 saturated heterocycles. The summed E-state index contributed by atoms with van der Waals surface area (Å²) in [6.45, 7) is 2.58. The number of benzene rings is 2. The zero-order valence-corrected chi connectivity index (χ0v) is 13.2. The van der Waals surface area contributed by atoms with Crippen LogP contribution in [0.25, 0.3) is 0 Å². The van der Waals surface area contributed by atoms with Gasteiger partial charge in [0, 0.05) is 11.4 Å². The number of nitrogens with two attached hydrogens (primary N) is 1. The molecule has 0 aliphatic carbocycles. The van der Waals surface area contributed by atoms with E-state index in [0.717, 1.165) is 22.7 Å². The first-order valence-electron chi connectivity index (χ1n) is 7.21. The number of anilines is 2. The molecule has 1 fully saturated rings. The van der Waals surface area contributed by atoms with Crippen molar-refractivity contribution in [2.75, 3.05) is 23.0 Å². The first kappa shape index (κ1) is 14.8. The molecule has 0 aromatic heterocycles. The summed E-state index contributed by atoms with van der Waals surface area (Å²) in [5.41, 5.74) is 8.44. The zero-order valence-electron chi connectivity index (χ0n) is 12.4. The van der Waals surface area contributed by atoms with Gasteiger partial charge in [0.2, 0.25) is 5.91 Å². The number of ether oxygens (including phenoxy) is 1. The van der Waals surface area contributed by atoms with E-state index in [9.17, 15) is 4.79 Å². The lowest BCUT2D eigenvalue weighted by Crippen LogP contribution is -2.27. The molecule has 1 aliphatic heterocycles. The average molecular weight is 314 g/mol. The first-order valence-corrected chi connectivity index (χ1v) is 8.26. The van der Waals surface area contributed by atoms with Crippen molar-refractivity contribution in [1.29, 1.82) is 0 Å². The largest absolute Gasteiger partial charge is 0.494 e. The summed E-state index contributed by atoms with van der Waals surface area (Å²) >= 11 is 1.63. The Kier molecular flexibility index (Phi) is 4.24. The van der Waals surface area contributed by atoms with Crippen LogP contribution in [0, 0.1) is 0 Å². The summed E-state index contributed by atoms with van der Waals surface area (Å²) in [6, 6.07) is 15.4. The van der Waals surface area contributed by atoms with Crippen LogP contribution in [0.5, 0.6) is 5.75 Å². The zero-order chi connectivity index (χ0) is 15.5. The van der Waals surface area contributed by atoms with Gasteiger partial charge in [-0.15, -0.1) is 11.8 Å². The molecule has 1 unspecified atom stereocenters. The maximum Gasteiger partial charge on any atom is 0.238 e. The molecule has 1 aliphatic rings. The van der Waals surface area contributed by atoms with Crippen molar-refractivity contribution < 1.29 is 9.53 Å². The molecule has 1 heterocycles. The Hall–Kier alpha value is -2.14. The summed E-state index contributed by atoms with van der Waals surface area (Å²) in [5, 5.41) is -0.00829. The molecule has 3 rings (SSSR count). The van der Waals surface area contributed by atoms with Gasteiger partial charge in [-0.3, -0.25) is 9.69 Å². The van der Waals surface area contributed by atoms with Gasteiger partial charge in [0.25, 0.3) is 0 Å². The lowest BCUT2D eigenvalue weighted by atomic mass is 10.1. The molecule has 5 heteroatoms. The molecule has 1 atom stereocenters. The van der Waals surface area contributed by atoms with Crippen LogP contribution >= 0.6 is 11.8 Å². The molecule has 4 nitrogen and oxygen atoms in total. The van der Waals surface area contributed by atoms with Crippen LogP contribution in [0.3, 0.4) is 0 Å². The summed E-state index contributed by atoms with van der Waals surface area (Å²) in [4.78, 5) is 14.1. The maximum atomic E-state index is 12.3. The number of nitrogen functional groups attached to an aromatic ring is 1. The first-order chi connectivity index (χ1) is 10.7. The van der Waals surface area contributed by atoms with Gasteiger partial charge in [0.15, 0.2) is 0 Å². The van der Waals surface area contributed by atoms with Gasteiger partial charge in [-0.2, -0.15) is 0 Å². The van der Waals surface area contributed by atoms with E-state index in [0.29, 0.717) is 12.4 Å². The van der Waals surface area contributed by atoms with Crippen molar-refractivity contribution in [3.05, 3.63) is 54.1 Å². The number of amides is 1. The minimum atomic E-state index is -0.00829. The Bertz CT molecular complexity index is 655. The molecule has 0 spiro atoms. The van der Waals surface area contributed by atoms with Crippen molar-refractivity contribution in [2.24, 2.45) is 0 Å². The van der Waals surface area contributed by atoms with E-state index < -0.39 is 0 Å². The second-order valence-electron chi connectivity index (χ2n) is 5.02. The van der Waals surface area contributed by atoms with E-state index in [2.05, 4.69) is 0 Å². The Morgan fingerprint density at radius 1 is 1.18 bits per heavy atom. The van der Waals surface area contributed by atoms with Crippen molar-refractivity contribution in [1.82, 2.24) is 0 Å². The number of hydrogen-bond acceptors (Lipinski definition) is 4. The van der Waals surface area contributed by atoms with Gasteiger partial charge in [-0.05, 0) is 48.9 Å². The second kappa shape index (κ2) is 6.32. The molecule has 22 heavy (non-hydrogen) atoms. The predicted octanol–water partition coefficient (Wildman–Crippen LogP) is 3.45. The molecular formula is C17H18N2O2S. The van der Waals surface area contributed by atoms with E-state index in [1.807, 2.05) is 60.4 Å². The average Bonchev–Trinajstić information content (AvgIpc) is 2.91. The molecule has 0 radical (unpaired) electrons. The van der Waals surface area contributed by atoms with Crippen molar-refractivity contribution in [2.45, 2.75) is 12.3 Å². The highest BCUT2D eigenvalue weighted by Gasteiger charge is 2.33. The van der Waals surface area contributed by atoms with Crippen molar-refractivity contribution >= 4 is 29.0 Å². The topological polar surface area (TPSA) is 55.6 Å². The summed E-state index contributed by atoms with van der Waals surface area (Å²) in [5.74, 6) is 1.42. The number of hydrogen-bond donors (Lipinski definition) is 1. The molecule has 1 amide bonds. The van der Waals surface area contributed by atoms with Crippen molar-refractivity contribution in [3.8, 4) is 5.75 Å².